The largest absolute Gasteiger partial charge is 0.364 e. The summed E-state index contributed by atoms with van der Waals surface area (Å²) in [5, 5.41) is 0. The molecule has 0 amide bonds. The van der Waals surface area contributed by atoms with Gasteiger partial charge in [-0.05, 0) is 18.2 Å². The van der Waals surface area contributed by atoms with E-state index in [0.29, 0.717) is 6.54 Å². The van der Waals surface area contributed by atoms with Crippen LogP contribution in [0.25, 0.3) is 11.0 Å². The minimum absolute atomic E-state index is 0.424. The second-order valence-corrected chi connectivity index (χ2v) is 4.07. The molecule has 4 nitrogen and oxygen atoms in total. The van der Waals surface area contributed by atoms with E-state index in [1.54, 1.807) is 0 Å². The van der Waals surface area contributed by atoms with Gasteiger partial charge in [0, 0.05) is 18.8 Å². The fourth-order valence-electron chi connectivity index (χ4n) is 1.94. The Morgan fingerprint density at radius 3 is 2.61 bits per heavy atom. The Bertz CT molecular complexity index is 546. The van der Waals surface area contributed by atoms with E-state index in [1.165, 1.54) is 0 Å². The number of rotatable bonds is 6. The molecule has 0 unspecified atom stereocenters. The zero-order valence-corrected chi connectivity index (χ0v) is 10.4. The quantitative estimate of drug-likeness (QED) is 0.763. The summed E-state index contributed by atoms with van der Waals surface area (Å²) in [5.41, 5.74) is 8.64. The van der Waals surface area contributed by atoms with Crippen molar-refractivity contribution in [2.75, 3.05) is 18.0 Å². The second-order valence-electron chi connectivity index (χ2n) is 4.07. The molecule has 1 aromatic carbocycles. The van der Waals surface area contributed by atoms with Crippen LogP contribution in [-0.2, 0) is 6.54 Å². The predicted octanol–water partition coefficient (Wildman–Crippen LogP) is 2.20. The number of nitrogens with one attached hydrogen (secondary N) is 1. The molecular formula is C14H18N4. The van der Waals surface area contributed by atoms with Gasteiger partial charge in [-0.15, -0.1) is 13.2 Å². The smallest absolute Gasteiger partial charge is 0.121 e. The fourth-order valence-corrected chi connectivity index (χ4v) is 1.94. The summed E-state index contributed by atoms with van der Waals surface area (Å²) >= 11 is 0. The zero-order chi connectivity index (χ0) is 13.0. The maximum Gasteiger partial charge on any atom is 0.121 e. The molecule has 0 radical (unpaired) electrons. The number of hydrogen-bond donors (Lipinski definition) is 2. The molecule has 0 aliphatic carbocycles. The molecule has 0 bridgehead atoms. The minimum Gasteiger partial charge on any atom is -0.364 e. The molecular weight excluding hydrogens is 224 g/mol. The molecule has 1 heterocycles. The molecule has 0 aliphatic heterocycles. The van der Waals surface area contributed by atoms with Crippen molar-refractivity contribution in [3.8, 4) is 0 Å². The van der Waals surface area contributed by atoms with Gasteiger partial charge in [-0.25, -0.2) is 4.98 Å². The average Bonchev–Trinajstić information content (AvgIpc) is 2.80. The highest BCUT2D eigenvalue weighted by atomic mass is 15.1. The lowest BCUT2D eigenvalue weighted by molar-refractivity contribution is 0.955. The summed E-state index contributed by atoms with van der Waals surface area (Å²) in [6.07, 6.45) is 3.76. The molecule has 0 atom stereocenters. The first-order valence-electron chi connectivity index (χ1n) is 5.94. The molecule has 1 aromatic heterocycles. The Balaban J connectivity index is 2.37. The number of H-pyrrole nitrogens is 1. The van der Waals surface area contributed by atoms with E-state index in [0.717, 1.165) is 35.6 Å². The number of hydrogen-bond acceptors (Lipinski definition) is 3. The number of nitrogens with zero attached hydrogens (tertiary/aromatic N) is 2. The lowest BCUT2D eigenvalue weighted by Crippen LogP contribution is -2.22. The number of fused-ring (bicyclic) bond motifs is 1. The van der Waals surface area contributed by atoms with Gasteiger partial charge in [0.15, 0.2) is 0 Å². The third-order valence-corrected chi connectivity index (χ3v) is 2.77. The van der Waals surface area contributed by atoms with Crippen molar-refractivity contribution in [1.82, 2.24) is 9.97 Å². The molecule has 0 aliphatic rings. The molecule has 2 aromatic rings. The molecule has 18 heavy (non-hydrogen) atoms. The van der Waals surface area contributed by atoms with Crippen molar-refractivity contribution in [2.45, 2.75) is 6.54 Å². The van der Waals surface area contributed by atoms with E-state index < -0.39 is 0 Å². The molecule has 3 N–H and O–H groups in total. The van der Waals surface area contributed by atoms with Gasteiger partial charge in [0.25, 0.3) is 0 Å². The maximum absolute atomic E-state index is 5.58. The molecule has 0 fully saturated rings. The SMILES string of the molecule is C=CCN(CC=C)c1ccc2nc(CN)[nH]c2c1. The minimum atomic E-state index is 0.424. The standard InChI is InChI=1S/C14H18N4/c1-3-7-18(8-4-2)11-5-6-12-13(9-11)17-14(10-15)16-12/h3-6,9H,1-2,7-8,10,15H2,(H,16,17). The van der Waals surface area contributed by atoms with Crippen LogP contribution in [0.15, 0.2) is 43.5 Å². The van der Waals surface area contributed by atoms with Gasteiger partial charge in [0.2, 0.25) is 0 Å². The Kier molecular flexibility index (Phi) is 3.79. The van der Waals surface area contributed by atoms with Crippen molar-refractivity contribution >= 4 is 16.7 Å². The average molecular weight is 242 g/mol. The number of nitrogens with two attached hydrogens (primary N) is 1. The van der Waals surface area contributed by atoms with Crippen molar-refractivity contribution < 1.29 is 0 Å². The Labute approximate surface area is 107 Å². The summed E-state index contributed by atoms with van der Waals surface area (Å²) in [6.45, 7) is 9.55. The van der Waals surface area contributed by atoms with Gasteiger partial charge in [-0.2, -0.15) is 0 Å². The molecule has 4 heteroatoms. The molecule has 2 rings (SSSR count). The number of aromatic amines is 1. The van der Waals surface area contributed by atoms with E-state index in [9.17, 15) is 0 Å². The highest BCUT2D eigenvalue weighted by Crippen LogP contribution is 2.20. The Hall–Kier alpha value is -2.07. The first-order valence-corrected chi connectivity index (χ1v) is 5.94. The third-order valence-electron chi connectivity index (χ3n) is 2.77. The van der Waals surface area contributed by atoms with Gasteiger partial charge in [-0.3, -0.25) is 0 Å². The van der Waals surface area contributed by atoms with E-state index in [-0.39, 0.29) is 0 Å². The van der Waals surface area contributed by atoms with Gasteiger partial charge < -0.3 is 15.6 Å². The van der Waals surface area contributed by atoms with Crippen LogP contribution in [-0.4, -0.2) is 23.1 Å². The van der Waals surface area contributed by atoms with Crippen molar-refractivity contribution in [3.05, 3.63) is 49.3 Å². The normalized spacial score (nSPS) is 10.5. The lowest BCUT2D eigenvalue weighted by Gasteiger charge is -2.21. The topological polar surface area (TPSA) is 57.9 Å². The van der Waals surface area contributed by atoms with E-state index in [1.807, 2.05) is 18.2 Å². The zero-order valence-electron chi connectivity index (χ0n) is 10.4. The van der Waals surface area contributed by atoms with Crippen LogP contribution in [0, 0.1) is 0 Å². The van der Waals surface area contributed by atoms with Gasteiger partial charge in [0.1, 0.15) is 5.82 Å². The van der Waals surface area contributed by atoms with Crippen LogP contribution < -0.4 is 10.6 Å². The van der Waals surface area contributed by atoms with Crippen LogP contribution in [0.4, 0.5) is 5.69 Å². The highest BCUT2D eigenvalue weighted by molar-refractivity contribution is 5.79. The predicted molar refractivity (Wildman–Crippen MR) is 76.6 cm³/mol. The molecule has 0 saturated heterocycles. The Morgan fingerprint density at radius 1 is 1.28 bits per heavy atom. The molecule has 94 valence electrons. The van der Waals surface area contributed by atoms with Crippen molar-refractivity contribution in [1.29, 1.82) is 0 Å². The summed E-state index contributed by atoms with van der Waals surface area (Å²) < 4.78 is 0. The first-order chi connectivity index (χ1) is 8.78. The first kappa shape index (κ1) is 12.4. The number of benzene rings is 1. The molecule has 0 spiro atoms. The van der Waals surface area contributed by atoms with Crippen LogP contribution in [0.2, 0.25) is 0 Å². The third kappa shape index (κ3) is 2.43. The van der Waals surface area contributed by atoms with Crippen LogP contribution >= 0.6 is 0 Å². The fraction of sp³-hybridized carbons (Fsp3) is 0.214. The summed E-state index contributed by atoms with van der Waals surface area (Å²) in [5.74, 6) is 0.807. The summed E-state index contributed by atoms with van der Waals surface area (Å²) in [4.78, 5) is 9.78. The maximum atomic E-state index is 5.58. The molecule has 0 saturated carbocycles. The summed E-state index contributed by atoms with van der Waals surface area (Å²) in [6, 6.07) is 6.13. The second kappa shape index (κ2) is 5.51. The van der Waals surface area contributed by atoms with Crippen molar-refractivity contribution in [2.24, 2.45) is 5.73 Å². The summed E-state index contributed by atoms with van der Waals surface area (Å²) in [7, 11) is 0. The van der Waals surface area contributed by atoms with Crippen molar-refractivity contribution in [3.63, 3.8) is 0 Å². The van der Waals surface area contributed by atoms with Gasteiger partial charge in [-0.1, -0.05) is 12.2 Å². The van der Waals surface area contributed by atoms with Crippen LogP contribution in [0.5, 0.6) is 0 Å². The number of aromatic nitrogens is 2. The monoisotopic (exact) mass is 242 g/mol. The van der Waals surface area contributed by atoms with E-state index >= 15 is 0 Å². The van der Waals surface area contributed by atoms with Crippen LogP contribution in [0.1, 0.15) is 5.82 Å². The lowest BCUT2D eigenvalue weighted by atomic mass is 10.2. The Morgan fingerprint density at radius 2 is 2.00 bits per heavy atom. The van der Waals surface area contributed by atoms with E-state index in [4.69, 9.17) is 5.73 Å². The van der Waals surface area contributed by atoms with E-state index in [2.05, 4.69) is 40.2 Å². The number of anilines is 1. The van der Waals surface area contributed by atoms with Gasteiger partial charge in [0.05, 0.1) is 17.6 Å². The number of imidazole rings is 1. The highest BCUT2D eigenvalue weighted by Gasteiger charge is 2.06. The van der Waals surface area contributed by atoms with Gasteiger partial charge >= 0.3 is 0 Å². The van der Waals surface area contributed by atoms with Crippen LogP contribution in [0.3, 0.4) is 0 Å².